The van der Waals surface area contributed by atoms with Crippen molar-refractivity contribution in [3.63, 3.8) is 0 Å². The number of ether oxygens (including phenoxy) is 1. The van der Waals surface area contributed by atoms with Crippen LogP contribution in [0.15, 0.2) is 36.4 Å². The largest absolute Gasteiger partial charge is 0.451 e. The molecule has 1 heterocycles. The van der Waals surface area contributed by atoms with Gasteiger partial charge in [0.05, 0.1) is 5.02 Å². The third-order valence-corrected chi connectivity index (χ3v) is 4.90. The van der Waals surface area contributed by atoms with E-state index in [1.165, 1.54) is 11.3 Å². The highest BCUT2D eigenvalue weighted by atomic mass is 35.5. The summed E-state index contributed by atoms with van der Waals surface area (Å²) in [6, 6.07) is 7.47. The molecule has 0 fully saturated rings. The first-order valence-electron chi connectivity index (χ1n) is 7.20. The van der Waals surface area contributed by atoms with Gasteiger partial charge >= 0.3 is 5.97 Å². The second-order valence-corrected chi connectivity index (χ2v) is 6.61. The molecular formula is C17H18ClNO3S. The Kier molecular flexibility index (Phi) is 5.80. The Bertz CT molecular complexity index is 753. The third-order valence-electron chi connectivity index (χ3n) is 3.24. The number of benzene rings is 1. The third kappa shape index (κ3) is 4.12. The molecule has 1 aromatic heterocycles. The normalized spacial score (nSPS) is 10.6. The Morgan fingerprint density at radius 1 is 1.35 bits per heavy atom. The van der Waals surface area contributed by atoms with Gasteiger partial charge in [-0.05, 0) is 19.9 Å². The van der Waals surface area contributed by atoms with Crippen LogP contribution in [0, 0.1) is 0 Å². The van der Waals surface area contributed by atoms with E-state index >= 15 is 0 Å². The fraction of sp³-hybridized carbons (Fsp3) is 0.294. The summed E-state index contributed by atoms with van der Waals surface area (Å²) in [6.07, 6.45) is 0. The summed E-state index contributed by atoms with van der Waals surface area (Å²) in [5.74, 6) is -0.822. The minimum Gasteiger partial charge on any atom is -0.451 e. The van der Waals surface area contributed by atoms with Crippen LogP contribution in [0.4, 0.5) is 0 Å². The highest BCUT2D eigenvalue weighted by Crippen LogP contribution is 2.35. The monoisotopic (exact) mass is 351 g/mol. The quantitative estimate of drug-likeness (QED) is 0.580. The Hall–Kier alpha value is -1.85. The van der Waals surface area contributed by atoms with Gasteiger partial charge in [-0.2, -0.15) is 0 Å². The first-order valence-corrected chi connectivity index (χ1v) is 8.39. The molecule has 0 spiro atoms. The number of likely N-dealkylation sites (N-methyl/N-ethyl adjacent to an activating group) is 1. The fourth-order valence-corrected chi connectivity index (χ4v) is 3.53. The number of nitrogens with zero attached hydrogens (tertiary/aromatic N) is 1. The van der Waals surface area contributed by atoms with Crippen molar-refractivity contribution in [3.05, 3.63) is 46.3 Å². The summed E-state index contributed by atoms with van der Waals surface area (Å²) in [4.78, 5) is 26.2. The molecule has 2 rings (SSSR count). The van der Waals surface area contributed by atoms with Gasteiger partial charge in [0.2, 0.25) is 0 Å². The summed E-state index contributed by atoms with van der Waals surface area (Å²) in [5, 5.41) is 1.19. The number of thiophene rings is 1. The number of esters is 1. The van der Waals surface area contributed by atoms with Crippen molar-refractivity contribution in [1.29, 1.82) is 0 Å². The number of hydrogen-bond acceptors (Lipinski definition) is 4. The van der Waals surface area contributed by atoms with Gasteiger partial charge in [0, 0.05) is 23.2 Å². The number of fused-ring (bicyclic) bond motifs is 1. The van der Waals surface area contributed by atoms with E-state index in [1.54, 1.807) is 4.90 Å². The molecule has 0 saturated heterocycles. The molecule has 23 heavy (non-hydrogen) atoms. The lowest BCUT2D eigenvalue weighted by Crippen LogP contribution is -2.35. The number of carbonyl (C=O) groups excluding carboxylic acids is 2. The molecule has 0 aliphatic carbocycles. The van der Waals surface area contributed by atoms with Crippen molar-refractivity contribution in [3.8, 4) is 0 Å². The lowest BCUT2D eigenvalue weighted by molar-refractivity contribution is -0.133. The van der Waals surface area contributed by atoms with Crippen LogP contribution in [0.1, 0.15) is 23.5 Å². The van der Waals surface area contributed by atoms with Crippen LogP contribution < -0.4 is 0 Å². The SMILES string of the molecule is C=C(C)CN(CC)C(=O)COC(=O)c1sc2ccccc2c1Cl. The Morgan fingerprint density at radius 3 is 2.65 bits per heavy atom. The molecule has 0 unspecified atom stereocenters. The highest BCUT2D eigenvalue weighted by Gasteiger charge is 2.20. The molecule has 0 saturated carbocycles. The first kappa shape index (κ1) is 17.5. The molecule has 6 heteroatoms. The van der Waals surface area contributed by atoms with E-state index in [0.29, 0.717) is 23.0 Å². The molecule has 4 nitrogen and oxygen atoms in total. The summed E-state index contributed by atoms with van der Waals surface area (Å²) in [7, 11) is 0. The van der Waals surface area contributed by atoms with Gasteiger partial charge < -0.3 is 9.64 Å². The van der Waals surface area contributed by atoms with Gasteiger partial charge in [-0.15, -0.1) is 11.3 Å². The molecule has 1 aromatic carbocycles. The molecule has 0 bridgehead atoms. The van der Waals surface area contributed by atoms with E-state index in [2.05, 4.69) is 6.58 Å². The van der Waals surface area contributed by atoms with Crippen LogP contribution in [0.25, 0.3) is 10.1 Å². The van der Waals surface area contributed by atoms with Gasteiger partial charge in [0.1, 0.15) is 4.88 Å². The minimum atomic E-state index is -0.573. The average Bonchev–Trinajstić information content (AvgIpc) is 2.87. The molecule has 0 N–H and O–H groups in total. The zero-order valence-electron chi connectivity index (χ0n) is 13.1. The topological polar surface area (TPSA) is 46.6 Å². The van der Waals surface area contributed by atoms with E-state index in [0.717, 1.165) is 15.7 Å². The summed E-state index contributed by atoms with van der Waals surface area (Å²) in [6.45, 7) is 8.19. The number of halogens is 1. The van der Waals surface area contributed by atoms with E-state index in [1.807, 2.05) is 38.1 Å². The number of hydrogen-bond donors (Lipinski definition) is 0. The predicted octanol–water partition coefficient (Wildman–Crippen LogP) is 4.14. The number of carbonyl (C=O) groups is 2. The highest BCUT2D eigenvalue weighted by molar-refractivity contribution is 7.21. The lowest BCUT2D eigenvalue weighted by atomic mass is 10.2. The molecule has 0 atom stereocenters. The van der Waals surface area contributed by atoms with Crippen LogP contribution in [0.5, 0.6) is 0 Å². The maximum atomic E-state index is 12.2. The summed E-state index contributed by atoms with van der Waals surface area (Å²) >= 11 is 7.49. The van der Waals surface area contributed by atoms with Crippen molar-refractivity contribution in [2.75, 3.05) is 19.7 Å². The fourth-order valence-electron chi connectivity index (χ4n) is 2.13. The molecule has 122 valence electrons. The standard InChI is InChI=1S/C17H18ClNO3S/c1-4-19(9-11(2)3)14(20)10-22-17(21)16-15(18)12-7-5-6-8-13(12)23-16/h5-8H,2,4,9-10H2,1,3H3. The molecular weight excluding hydrogens is 334 g/mol. The van der Waals surface area contributed by atoms with E-state index in [9.17, 15) is 9.59 Å². The smallest absolute Gasteiger partial charge is 0.350 e. The van der Waals surface area contributed by atoms with Crippen LogP contribution in [-0.4, -0.2) is 36.5 Å². The summed E-state index contributed by atoms with van der Waals surface area (Å²) < 4.78 is 6.04. The maximum Gasteiger partial charge on any atom is 0.350 e. The molecule has 2 aromatic rings. The van der Waals surface area contributed by atoms with E-state index in [4.69, 9.17) is 16.3 Å². The predicted molar refractivity (Wildman–Crippen MR) is 94.2 cm³/mol. The summed E-state index contributed by atoms with van der Waals surface area (Å²) in [5.41, 5.74) is 0.874. The average molecular weight is 352 g/mol. The Labute approximate surface area is 144 Å². The van der Waals surface area contributed by atoms with E-state index in [-0.39, 0.29) is 12.5 Å². The van der Waals surface area contributed by atoms with E-state index < -0.39 is 5.97 Å². The first-order chi connectivity index (χ1) is 10.9. The van der Waals surface area contributed by atoms with Gasteiger partial charge in [0.25, 0.3) is 5.91 Å². The van der Waals surface area contributed by atoms with Gasteiger partial charge in [-0.25, -0.2) is 4.79 Å². The minimum absolute atomic E-state index is 0.249. The van der Waals surface area contributed by atoms with Crippen LogP contribution in [0.2, 0.25) is 5.02 Å². The molecule has 0 aliphatic rings. The second-order valence-electron chi connectivity index (χ2n) is 5.18. The van der Waals surface area contributed by atoms with Crippen LogP contribution in [-0.2, 0) is 9.53 Å². The van der Waals surface area contributed by atoms with Crippen molar-refractivity contribution in [1.82, 2.24) is 4.90 Å². The van der Waals surface area contributed by atoms with Crippen molar-refractivity contribution in [2.24, 2.45) is 0 Å². The van der Waals surface area contributed by atoms with Gasteiger partial charge in [0.15, 0.2) is 6.61 Å². The van der Waals surface area contributed by atoms with Crippen LogP contribution in [0.3, 0.4) is 0 Å². The molecule has 1 amide bonds. The van der Waals surface area contributed by atoms with Crippen molar-refractivity contribution < 1.29 is 14.3 Å². The Morgan fingerprint density at radius 2 is 2.04 bits per heavy atom. The van der Waals surface area contributed by atoms with Crippen molar-refractivity contribution >= 4 is 44.9 Å². The molecule has 0 aliphatic heterocycles. The van der Waals surface area contributed by atoms with Crippen molar-refractivity contribution in [2.45, 2.75) is 13.8 Å². The maximum absolute atomic E-state index is 12.2. The Balaban J connectivity index is 2.05. The van der Waals surface area contributed by atoms with Crippen LogP contribution >= 0.6 is 22.9 Å². The molecule has 0 radical (unpaired) electrons. The lowest BCUT2D eigenvalue weighted by Gasteiger charge is -2.20. The number of amides is 1. The number of rotatable bonds is 6. The van der Waals surface area contributed by atoms with Gasteiger partial charge in [-0.3, -0.25) is 4.79 Å². The zero-order valence-corrected chi connectivity index (χ0v) is 14.7. The zero-order chi connectivity index (χ0) is 17.0. The second kappa shape index (κ2) is 7.62. The van der Waals surface area contributed by atoms with Gasteiger partial charge in [-0.1, -0.05) is 42.0 Å².